The van der Waals surface area contributed by atoms with Gasteiger partial charge >= 0.3 is 5.97 Å². The second-order valence-corrected chi connectivity index (χ2v) is 2.88. The van der Waals surface area contributed by atoms with Gasteiger partial charge in [-0.05, 0) is 25.1 Å². The van der Waals surface area contributed by atoms with Crippen molar-refractivity contribution < 1.29 is 23.9 Å². The third-order valence-corrected chi connectivity index (χ3v) is 1.54. The number of carbonyl (C=O) groups excluding carboxylic acids is 2. The average molecular weight is 243 g/mol. The van der Waals surface area contributed by atoms with E-state index >= 15 is 0 Å². The van der Waals surface area contributed by atoms with Crippen LogP contribution in [-0.2, 0) is 9.53 Å². The lowest BCUT2D eigenvalue weighted by molar-refractivity contribution is -0.140. The van der Waals surface area contributed by atoms with Crippen molar-refractivity contribution >= 4 is 11.9 Å². The molecule has 2 N–H and O–H groups in total. The van der Waals surface area contributed by atoms with E-state index in [-0.39, 0.29) is 11.5 Å². The molecular formula is C11H14FNO4. The van der Waals surface area contributed by atoms with Gasteiger partial charge in [0, 0.05) is 12.5 Å². The second kappa shape index (κ2) is 8.23. The molecule has 0 atom stereocenters. The van der Waals surface area contributed by atoms with Crippen LogP contribution in [0.4, 0.5) is 4.39 Å². The maximum absolute atomic E-state index is 12.4. The first-order valence-electron chi connectivity index (χ1n) is 4.84. The van der Waals surface area contributed by atoms with Crippen LogP contribution in [0.3, 0.4) is 0 Å². The summed E-state index contributed by atoms with van der Waals surface area (Å²) in [6.07, 6.45) is 0. The van der Waals surface area contributed by atoms with Crippen molar-refractivity contribution in [1.82, 2.24) is 5.48 Å². The number of hydrogen-bond acceptors (Lipinski definition) is 4. The Kier molecular flexibility index (Phi) is 7.29. The lowest BCUT2D eigenvalue weighted by Gasteiger charge is -1.96. The minimum absolute atomic E-state index is 0.0903. The van der Waals surface area contributed by atoms with E-state index in [0.717, 1.165) is 6.07 Å². The maximum Gasteiger partial charge on any atom is 0.302 e. The molecule has 5 nitrogen and oxygen atoms in total. The predicted octanol–water partition coefficient (Wildman–Crippen LogP) is 1.51. The van der Waals surface area contributed by atoms with Crippen molar-refractivity contribution in [3.05, 3.63) is 35.6 Å². The Bertz CT molecular complexity index is 381. The number of ether oxygens (including phenoxy) is 1. The molecule has 0 bridgehead atoms. The van der Waals surface area contributed by atoms with E-state index in [1.54, 1.807) is 6.92 Å². The fourth-order valence-electron chi connectivity index (χ4n) is 0.898. The lowest BCUT2D eigenvalue weighted by atomic mass is 10.2. The van der Waals surface area contributed by atoms with Gasteiger partial charge in [0.25, 0.3) is 5.91 Å². The number of rotatable bonds is 2. The molecule has 0 spiro atoms. The number of benzene rings is 1. The van der Waals surface area contributed by atoms with Gasteiger partial charge < -0.3 is 4.74 Å². The largest absolute Gasteiger partial charge is 0.466 e. The van der Waals surface area contributed by atoms with Crippen LogP contribution in [0.1, 0.15) is 24.2 Å². The van der Waals surface area contributed by atoms with Crippen LogP contribution in [0.25, 0.3) is 0 Å². The van der Waals surface area contributed by atoms with Gasteiger partial charge in [0.2, 0.25) is 0 Å². The van der Waals surface area contributed by atoms with Gasteiger partial charge in [-0.1, -0.05) is 6.07 Å². The van der Waals surface area contributed by atoms with Gasteiger partial charge in [-0.15, -0.1) is 0 Å². The van der Waals surface area contributed by atoms with Crippen molar-refractivity contribution in [1.29, 1.82) is 0 Å². The normalized spacial score (nSPS) is 8.71. The highest BCUT2D eigenvalue weighted by atomic mass is 19.1. The first-order chi connectivity index (χ1) is 8.01. The summed E-state index contributed by atoms with van der Waals surface area (Å²) in [5, 5.41) is 8.16. The van der Waals surface area contributed by atoms with Crippen LogP contribution in [0.2, 0.25) is 0 Å². The highest BCUT2D eigenvalue weighted by Gasteiger charge is 2.02. The SMILES string of the molecule is CCOC(C)=O.O=C(NO)c1cccc(F)c1. The summed E-state index contributed by atoms with van der Waals surface area (Å²) in [5.74, 6) is -1.44. The Balaban J connectivity index is 0.000000366. The average Bonchev–Trinajstić information content (AvgIpc) is 2.28. The third kappa shape index (κ3) is 7.02. The molecule has 0 aliphatic heterocycles. The number of amides is 1. The molecule has 0 aromatic heterocycles. The van der Waals surface area contributed by atoms with Gasteiger partial charge in [0.15, 0.2) is 0 Å². The van der Waals surface area contributed by atoms with E-state index < -0.39 is 11.7 Å². The van der Waals surface area contributed by atoms with Crippen LogP contribution in [0, 0.1) is 5.82 Å². The van der Waals surface area contributed by atoms with Crippen molar-refractivity contribution in [2.45, 2.75) is 13.8 Å². The Labute approximate surface area is 98.2 Å². The summed E-state index contributed by atoms with van der Waals surface area (Å²) in [4.78, 5) is 20.5. The molecule has 1 rings (SSSR count). The molecule has 1 amide bonds. The monoisotopic (exact) mass is 243 g/mol. The van der Waals surface area contributed by atoms with E-state index in [0.29, 0.717) is 6.61 Å². The third-order valence-electron chi connectivity index (χ3n) is 1.54. The van der Waals surface area contributed by atoms with Gasteiger partial charge in [0.1, 0.15) is 5.82 Å². The molecule has 0 heterocycles. The Hall–Kier alpha value is -1.95. The zero-order valence-corrected chi connectivity index (χ0v) is 9.57. The molecule has 0 fully saturated rings. The fourth-order valence-corrected chi connectivity index (χ4v) is 0.898. The Morgan fingerprint density at radius 3 is 2.47 bits per heavy atom. The van der Waals surface area contributed by atoms with Gasteiger partial charge in [0.05, 0.1) is 6.61 Å². The molecule has 0 radical (unpaired) electrons. The van der Waals surface area contributed by atoms with Crippen molar-refractivity contribution in [2.75, 3.05) is 6.61 Å². The minimum atomic E-state index is -0.718. The summed E-state index contributed by atoms with van der Waals surface area (Å²) in [6, 6.07) is 5.04. The molecule has 94 valence electrons. The van der Waals surface area contributed by atoms with Crippen molar-refractivity contribution in [3.8, 4) is 0 Å². The van der Waals surface area contributed by atoms with Crippen LogP contribution in [0.15, 0.2) is 24.3 Å². The first-order valence-corrected chi connectivity index (χ1v) is 4.84. The minimum Gasteiger partial charge on any atom is -0.466 e. The van der Waals surface area contributed by atoms with Gasteiger partial charge in [-0.2, -0.15) is 0 Å². The second-order valence-electron chi connectivity index (χ2n) is 2.88. The molecule has 0 saturated heterocycles. The van der Waals surface area contributed by atoms with Crippen LogP contribution in [-0.4, -0.2) is 23.7 Å². The zero-order chi connectivity index (χ0) is 13.3. The van der Waals surface area contributed by atoms with Crippen LogP contribution >= 0.6 is 0 Å². The van der Waals surface area contributed by atoms with Crippen molar-refractivity contribution in [3.63, 3.8) is 0 Å². The topological polar surface area (TPSA) is 75.6 Å². The zero-order valence-electron chi connectivity index (χ0n) is 9.57. The summed E-state index contributed by atoms with van der Waals surface area (Å²) in [7, 11) is 0. The quantitative estimate of drug-likeness (QED) is 0.469. The molecule has 1 aromatic carbocycles. The Morgan fingerprint density at radius 1 is 1.47 bits per heavy atom. The van der Waals surface area contributed by atoms with Crippen LogP contribution in [0.5, 0.6) is 0 Å². The molecule has 0 aliphatic carbocycles. The molecule has 0 unspecified atom stereocenters. The van der Waals surface area contributed by atoms with E-state index in [1.807, 2.05) is 0 Å². The summed E-state index contributed by atoms with van der Waals surface area (Å²) in [6.45, 7) is 3.65. The Morgan fingerprint density at radius 2 is 2.12 bits per heavy atom. The van der Waals surface area contributed by atoms with E-state index in [4.69, 9.17) is 5.21 Å². The molecule has 6 heteroatoms. The van der Waals surface area contributed by atoms with E-state index in [2.05, 4.69) is 4.74 Å². The molecule has 17 heavy (non-hydrogen) atoms. The van der Waals surface area contributed by atoms with E-state index in [9.17, 15) is 14.0 Å². The van der Waals surface area contributed by atoms with Gasteiger partial charge in [-0.25, -0.2) is 9.87 Å². The number of esters is 1. The number of hydroxylamine groups is 1. The van der Waals surface area contributed by atoms with Gasteiger partial charge in [-0.3, -0.25) is 14.8 Å². The summed E-state index contributed by atoms with van der Waals surface area (Å²) in [5.41, 5.74) is 1.49. The highest BCUT2D eigenvalue weighted by Crippen LogP contribution is 2.02. The smallest absolute Gasteiger partial charge is 0.302 e. The number of nitrogens with one attached hydrogen (secondary N) is 1. The van der Waals surface area contributed by atoms with Crippen molar-refractivity contribution in [2.24, 2.45) is 0 Å². The summed E-state index contributed by atoms with van der Waals surface area (Å²) >= 11 is 0. The highest BCUT2D eigenvalue weighted by molar-refractivity contribution is 5.93. The fraction of sp³-hybridized carbons (Fsp3) is 0.273. The number of halogens is 1. The number of hydrogen-bond donors (Lipinski definition) is 2. The van der Waals surface area contributed by atoms with E-state index in [1.165, 1.54) is 30.6 Å². The predicted molar refractivity (Wildman–Crippen MR) is 58.0 cm³/mol. The summed E-state index contributed by atoms with van der Waals surface area (Å²) < 4.78 is 16.8. The first kappa shape index (κ1) is 15.0. The number of carbonyl (C=O) groups is 2. The molecule has 0 aliphatic rings. The van der Waals surface area contributed by atoms with Crippen LogP contribution < -0.4 is 5.48 Å². The molecular weight excluding hydrogens is 229 g/mol. The standard InChI is InChI=1S/C7H6FNO2.C4H8O2/c8-6-3-1-2-5(4-6)7(10)9-11;1-3-6-4(2)5/h1-4,11H,(H,9,10);3H2,1-2H3. The maximum atomic E-state index is 12.4. The molecule has 0 saturated carbocycles. The lowest BCUT2D eigenvalue weighted by Crippen LogP contribution is -2.18. The molecule has 1 aromatic rings.